The van der Waals surface area contributed by atoms with Crippen molar-refractivity contribution in [1.82, 2.24) is 0 Å². The van der Waals surface area contributed by atoms with Crippen molar-refractivity contribution >= 4 is 40.5 Å². The molecule has 1 atom stereocenters. The zero-order valence-corrected chi connectivity index (χ0v) is 14.0. The van der Waals surface area contributed by atoms with Gasteiger partial charge in [0.25, 0.3) is 0 Å². The SMILES string of the molecule is CN1C(=O)C(C2CC2)C(=O)N(c2ccccc2)c2cc(Cl)ccc21. The summed E-state index contributed by atoms with van der Waals surface area (Å²) in [5.74, 6) is -0.782. The van der Waals surface area contributed by atoms with E-state index in [-0.39, 0.29) is 17.7 Å². The standard InChI is InChI=1S/C19H17ClN2O2/c1-21-15-10-9-13(20)11-16(15)22(14-5-3-2-4-6-14)19(24)17(18(21)23)12-7-8-12/h2-6,9-12,17H,7-8H2,1H3. The average Bonchev–Trinajstić information content (AvgIpc) is 3.40. The Hall–Kier alpha value is -2.33. The normalized spacial score (nSPS) is 20.8. The van der Waals surface area contributed by atoms with E-state index >= 15 is 0 Å². The van der Waals surface area contributed by atoms with Gasteiger partial charge in [-0.2, -0.15) is 0 Å². The Kier molecular flexibility index (Phi) is 3.57. The summed E-state index contributed by atoms with van der Waals surface area (Å²) >= 11 is 6.18. The number of anilines is 3. The topological polar surface area (TPSA) is 40.6 Å². The van der Waals surface area contributed by atoms with Crippen LogP contribution in [0.15, 0.2) is 48.5 Å². The minimum absolute atomic E-state index is 0.135. The first-order chi connectivity index (χ1) is 11.6. The second kappa shape index (κ2) is 5.64. The van der Waals surface area contributed by atoms with Crippen LogP contribution in [0.2, 0.25) is 5.02 Å². The number of rotatable bonds is 2. The van der Waals surface area contributed by atoms with Crippen molar-refractivity contribution in [1.29, 1.82) is 0 Å². The number of carbonyl (C=O) groups is 2. The minimum atomic E-state index is -0.624. The van der Waals surface area contributed by atoms with E-state index in [9.17, 15) is 9.59 Å². The zero-order valence-electron chi connectivity index (χ0n) is 13.3. The van der Waals surface area contributed by atoms with Crippen LogP contribution in [0.5, 0.6) is 0 Å². The molecule has 1 aliphatic carbocycles. The maximum Gasteiger partial charge on any atom is 0.244 e. The Morgan fingerprint density at radius 2 is 1.67 bits per heavy atom. The summed E-state index contributed by atoms with van der Waals surface area (Å²) in [5.41, 5.74) is 2.10. The van der Waals surface area contributed by atoms with Gasteiger partial charge in [-0.25, -0.2) is 0 Å². The summed E-state index contributed by atoms with van der Waals surface area (Å²) in [6.45, 7) is 0. The molecule has 1 fully saturated rings. The summed E-state index contributed by atoms with van der Waals surface area (Å²) in [6.07, 6.45) is 1.85. The first kappa shape index (κ1) is 15.2. The highest BCUT2D eigenvalue weighted by molar-refractivity contribution is 6.31. The molecule has 0 aromatic heterocycles. The van der Waals surface area contributed by atoms with E-state index < -0.39 is 5.92 Å². The smallest absolute Gasteiger partial charge is 0.244 e. The summed E-state index contributed by atoms with van der Waals surface area (Å²) < 4.78 is 0. The van der Waals surface area contributed by atoms with Gasteiger partial charge in [0.1, 0.15) is 5.92 Å². The Bertz CT molecular complexity index is 817. The van der Waals surface area contributed by atoms with Crippen molar-refractivity contribution in [2.45, 2.75) is 12.8 Å². The highest BCUT2D eigenvalue weighted by atomic mass is 35.5. The van der Waals surface area contributed by atoms with E-state index in [4.69, 9.17) is 11.6 Å². The predicted molar refractivity (Wildman–Crippen MR) is 94.7 cm³/mol. The van der Waals surface area contributed by atoms with Gasteiger partial charge in [-0.1, -0.05) is 29.8 Å². The van der Waals surface area contributed by atoms with Gasteiger partial charge >= 0.3 is 0 Å². The maximum absolute atomic E-state index is 13.3. The quantitative estimate of drug-likeness (QED) is 0.775. The number of hydrogen-bond acceptors (Lipinski definition) is 2. The van der Waals surface area contributed by atoms with Crippen LogP contribution in [-0.4, -0.2) is 18.9 Å². The van der Waals surface area contributed by atoms with Crippen molar-refractivity contribution in [3.8, 4) is 0 Å². The number of halogens is 1. The third-order valence-corrected chi connectivity index (χ3v) is 4.97. The second-order valence-corrected chi connectivity index (χ2v) is 6.79. The van der Waals surface area contributed by atoms with Crippen LogP contribution >= 0.6 is 11.6 Å². The molecule has 0 N–H and O–H groups in total. The van der Waals surface area contributed by atoms with Gasteiger partial charge in [0.2, 0.25) is 11.8 Å². The highest BCUT2D eigenvalue weighted by Gasteiger charge is 2.47. The molecular formula is C19H17ClN2O2. The number of para-hydroxylation sites is 1. The number of benzene rings is 2. The fraction of sp³-hybridized carbons (Fsp3) is 0.263. The fourth-order valence-electron chi connectivity index (χ4n) is 3.33. The van der Waals surface area contributed by atoms with Crippen molar-refractivity contribution in [3.63, 3.8) is 0 Å². The van der Waals surface area contributed by atoms with Crippen LogP contribution in [0.4, 0.5) is 17.1 Å². The molecule has 1 unspecified atom stereocenters. The Morgan fingerprint density at radius 3 is 2.33 bits per heavy atom. The van der Waals surface area contributed by atoms with Gasteiger partial charge < -0.3 is 4.90 Å². The van der Waals surface area contributed by atoms with Crippen LogP contribution in [0.25, 0.3) is 0 Å². The monoisotopic (exact) mass is 340 g/mol. The molecule has 2 aromatic carbocycles. The second-order valence-electron chi connectivity index (χ2n) is 6.35. The van der Waals surface area contributed by atoms with Gasteiger partial charge in [-0.15, -0.1) is 0 Å². The molecule has 1 heterocycles. The Morgan fingerprint density at radius 1 is 0.958 bits per heavy atom. The molecule has 2 aromatic rings. The van der Waals surface area contributed by atoms with Crippen molar-refractivity contribution < 1.29 is 9.59 Å². The maximum atomic E-state index is 13.3. The predicted octanol–water partition coefficient (Wildman–Crippen LogP) is 4.01. The lowest BCUT2D eigenvalue weighted by Crippen LogP contribution is -2.40. The molecule has 24 heavy (non-hydrogen) atoms. The lowest BCUT2D eigenvalue weighted by molar-refractivity contribution is -0.132. The molecule has 1 aliphatic heterocycles. The third kappa shape index (κ3) is 2.38. The Labute approximate surface area is 145 Å². The first-order valence-electron chi connectivity index (χ1n) is 8.04. The first-order valence-corrected chi connectivity index (χ1v) is 8.42. The van der Waals surface area contributed by atoms with Crippen molar-refractivity contribution in [3.05, 3.63) is 53.6 Å². The third-order valence-electron chi connectivity index (χ3n) is 4.73. The van der Waals surface area contributed by atoms with Crippen molar-refractivity contribution in [2.24, 2.45) is 11.8 Å². The van der Waals surface area contributed by atoms with Gasteiger partial charge in [0.15, 0.2) is 0 Å². The van der Waals surface area contributed by atoms with E-state index in [0.29, 0.717) is 16.4 Å². The van der Waals surface area contributed by atoms with E-state index in [0.717, 1.165) is 18.5 Å². The lowest BCUT2D eigenvalue weighted by Gasteiger charge is -2.25. The number of carbonyl (C=O) groups excluding carboxylic acids is 2. The van der Waals surface area contributed by atoms with E-state index in [2.05, 4.69) is 0 Å². The Balaban J connectivity index is 1.94. The van der Waals surface area contributed by atoms with Crippen LogP contribution in [0.1, 0.15) is 12.8 Å². The van der Waals surface area contributed by atoms with Crippen LogP contribution in [0, 0.1) is 11.8 Å². The highest BCUT2D eigenvalue weighted by Crippen LogP contribution is 2.46. The van der Waals surface area contributed by atoms with Gasteiger partial charge in [-0.3, -0.25) is 14.5 Å². The number of amides is 2. The molecule has 4 nitrogen and oxygen atoms in total. The molecule has 0 saturated heterocycles. The molecule has 1 saturated carbocycles. The molecule has 5 heteroatoms. The summed E-state index contributed by atoms with van der Waals surface area (Å²) in [7, 11) is 1.73. The van der Waals surface area contributed by atoms with E-state index in [1.807, 2.05) is 30.3 Å². The van der Waals surface area contributed by atoms with E-state index in [1.54, 1.807) is 35.0 Å². The molecule has 4 rings (SSSR count). The van der Waals surface area contributed by atoms with Crippen LogP contribution in [0.3, 0.4) is 0 Å². The zero-order chi connectivity index (χ0) is 16.8. The van der Waals surface area contributed by atoms with E-state index in [1.165, 1.54) is 0 Å². The van der Waals surface area contributed by atoms with Gasteiger partial charge in [-0.05, 0) is 49.1 Å². The molecule has 122 valence electrons. The number of nitrogens with zero attached hydrogens (tertiary/aromatic N) is 2. The largest absolute Gasteiger partial charge is 0.313 e. The summed E-state index contributed by atoms with van der Waals surface area (Å²) in [6, 6.07) is 14.7. The summed E-state index contributed by atoms with van der Waals surface area (Å²) in [4.78, 5) is 29.4. The molecular weight excluding hydrogens is 324 g/mol. The molecule has 0 bridgehead atoms. The van der Waals surface area contributed by atoms with Crippen LogP contribution in [-0.2, 0) is 9.59 Å². The molecule has 0 spiro atoms. The molecule has 0 radical (unpaired) electrons. The van der Waals surface area contributed by atoms with Gasteiger partial charge in [0.05, 0.1) is 11.4 Å². The average molecular weight is 341 g/mol. The van der Waals surface area contributed by atoms with Crippen LogP contribution < -0.4 is 9.80 Å². The van der Waals surface area contributed by atoms with Gasteiger partial charge in [0, 0.05) is 17.8 Å². The minimum Gasteiger partial charge on any atom is -0.313 e. The lowest BCUT2D eigenvalue weighted by atomic mass is 10.0. The summed E-state index contributed by atoms with van der Waals surface area (Å²) in [5, 5.41) is 0.535. The molecule has 2 amide bonds. The molecule has 2 aliphatic rings. The van der Waals surface area contributed by atoms with Crippen molar-refractivity contribution in [2.75, 3.05) is 16.8 Å². The number of hydrogen-bond donors (Lipinski definition) is 0. The number of fused-ring (bicyclic) bond motifs is 1. The fourth-order valence-corrected chi connectivity index (χ4v) is 3.49.